The molecule has 0 aliphatic rings. The molecule has 3 aromatic rings. The number of rotatable bonds is 10. The summed E-state index contributed by atoms with van der Waals surface area (Å²) >= 11 is 1.26. The van der Waals surface area contributed by atoms with E-state index in [1.807, 2.05) is 24.5 Å². The van der Waals surface area contributed by atoms with Gasteiger partial charge in [0.2, 0.25) is 0 Å². The molecule has 0 aliphatic carbocycles. The van der Waals surface area contributed by atoms with Gasteiger partial charge in [-0.1, -0.05) is 17.8 Å². The van der Waals surface area contributed by atoms with Crippen LogP contribution in [0.1, 0.15) is 43.1 Å². The molecule has 5 nitrogen and oxygen atoms in total. The number of carbonyl (C=O) groups excluding carboxylic acids is 1. The molecule has 0 aliphatic heterocycles. The number of ether oxygens (including phenoxy) is 2. The number of halogens is 2. The van der Waals surface area contributed by atoms with E-state index in [0.717, 1.165) is 11.9 Å². The van der Waals surface area contributed by atoms with Crippen LogP contribution < -0.4 is 0 Å². The highest BCUT2D eigenvalue weighted by Gasteiger charge is 2.16. The van der Waals surface area contributed by atoms with Crippen LogP contribution in [0, 0.1) is 11.6 Å². The second kappa shape index (κ2) is 10.7. The van der Waals surface area contributed by atoms with Crippen LogP contribution in [0.2, 0.25) is 0 Å². The standard InChI is InChI=1S/C23H26F2N2O3S/c1-4-29-22(28)16-9-10-21-20(13-16)26-23(27(21)11-6-12-30-15(2)3)31-14-17-18(24)7-5-8-19(17)25/h5,7-10,13,15H,4,6,11-12,14H2,1-3H3. The second-order valence-corrected chi connectivity index (χ2v) is 8.17. The number of thioether (sulfide) groups is 1. The quantitative estimate of drug-likeness (QED) is 0.230. The van der Waals surface area contributed by atoms with Gasteiger partial charge in [-0.25, -0.2) is 18.6 Å². The molecule has 31 heavy (non-hydrogen) atoms. The van der Waals surface area contributed by atoms with Crippen LogP contribution in [0.25, 0.3) is 11.0 Å². The lowest BCUT2D eigenvalue weighted by molar-refractivity contribution is 0.0526. The molecule has 3 rings (SSSR count). The lowest BCUT2D eigenvalue weighted by Gasteiger charge is -2.11. The van der Waals surface area contributed by atoms with Crippen molar-refractivity contribution in [1.29, 1.82) is 0 Å². The van der Waals surface area contributed by atoms with Crippen molar-refractivity contribution >= 4 is 28.8 Å². The minimum Gasteiger partial charge on any atom is -0.462 e. The number of aryl methyl sites for hydroxylation is 1. The number of imidazole rings is 1. The van der Waals surface area contributed by atoms with Crippen molar-refractivity contribution in [2.45, 2.75) is 50.8 Å². The van der Waals surface area contributed by atoms with Gasteiger partial charge < -0.3 is 14.0 Å². The fourth-order valence-corrected chi connectivity index (χ4v) is 4.18. The zero-order valence-corrected chi connectivity index (χ0v) is 18.7. The molecule has 0 spiro atoms. The van der Waals surface area contributed by atoms with Crippen molar-refractivity contribution in [2.75, 3.05) is 13.2 Å². The summed E-state index contributed by atoms with van der Waals surface area (Å²) in [6.07, 6.45) is 0.898. The zero-order valence-electron chi connectivity index (χ0n) is 17.9. The van der Waals surface area contributed by atoms with Gasteiger partial charge in [0.25, 0.3) is 0 Å². The Balaban J connectivity index is 1.88. The molecule has 0 saturated carbocycles. The first-order valence-electron chi connectivity index (χ1n) is 10.3. The number of fused-ring (bicyclic) bond motifs is 1. The first kappa shape index (κ1) is 23.2. The molecule has 1 heterocycles. The van der Waals surface area contributed by atoms with E-state index >= 15 is 0 Å². The molecular weight excluding hydrogens is 422 g/mol. The number of nitrogens with zero attached hydrogens (tertiary/aromatic N) is 2. The summed E-state index contributed by atoms with van der Waals surface area (Å²) < 4.78 is 40.8. The highest BCUT2D eigenvalue weighted by atomic mass is 32.2. The van der Waals surface area contributed by atoms with Crippen molar-refractivity contribution < 1.29 is 23.0 Å². The fraction of sp³-hybridized carbons (Fsp3) is 0.391. The fourth-order valence-electron chi connectivity index (χ4n) is 3.12. The average molecular weight is 449 g/mol. The summed E-state index contributed by atoms with van der Waals surface area (Å²) in [4.78, 5) is 16.7. The number of benzene rings is 2. The van der Waals surface area contributed by atoms with Gasteiger partial charge in [0.05, 0.1) is 29.3 Å². The van der Waals surface area contributed by atoms with E-state index in [1.165, 1.54) is 30.0 Å². The molecule has 8 heteroatoms. The van der Waals surface area contributed by atoms with Gasteiger partial charge in [0.15, 0.2) is 5.16 Å². The molecule has 166 valence electrons. The number of aromatic nitrogens is 2. The first-order chi connectivity index (χ1) is 14.9. The highest BCUT2D eigenvalue weighted by Crippen LogP contribution is 2.29. The van der Waals surface area contributed by atoms with E-state index < -0.39 is 17.6 Å². The molecule has 0 atom stereocenters. The maximum Gasteiger partial charge on any atom is 0.338 e. The van der Waals surface area contributed by atoms with Gasteiger partial charge in [-0.3, -0.25) is 0 Å². The minimum atomic E-state index is -0.579. The summed E-state index contributed by atoms with van der Waals surface area (Å²) in [5.41, 5.74) is 1.90. The Kier molecular flexibility index (Phi) is 8.03. The lowest BCUT2D eigenvalue weighted by Crippen LogP contribution is -2.08. The molecule has 0 unspecified atom stereocenters. The van der Waals surface area contributed by atoms with E-state index in [-0.39, 0.29) is 24.0 Å². The van der Waals surface area contributed by atoms with Gasteiger partial charge in [0.1, 0.15) is 11.6 Å². The first-order valence-corrected chi connectivity index (χ1v) is 11.2. The van der Waals surface area contributed by atoms with Crippen LogP contribution in [0.4, 0.5) is 8.78 Å². The number of hydrogen-bond donors (Lipinski definition) is 0. The molecule has 0 radical (unpaired) electrons. The third-order valence-corrected chi connectivity index (χ3v) is 5.61. The summed E-state index contributed by atoms with van der Waals surface area (Å²) in [5, 5.41) is 0.628. The molecule has 0 amide bonds. The van der Waals surface area contributed by atoms with Crippen LogP contribution in [0.5, 0.6) is 0 Å². The Morgan fingerprint density at radius 1 is 1.19 bits per heavy atom. The SMILES string of the molecule is CCOC(=O)c1ccc2c(c1)nc(SCc1c(F)cccc1F)n2CCCOC(C)C. The summed E-state index contributed by atoms with van der Waals surface area (Å²) in [5.74, 6) is -1.46. The van der Waals surface area contributed by atoms with Crippen LogP contribution in [0.3, 0.4) is 0 Å². The summed E-state index contributed by atoms with van der Waals surface area (Å²) in [7, 11) is 0. The molecule has 0 saturated heterocycles. The van der Waals surface area contributed by atoms with E-state index in [2.05, 4.69) is 4.98 Å². The smallest absolute Gasteiger partial charge is 0.338 e. The third-order valence-electron chi connectivity index (χ3n) is 4.61. The number of esters is 1. The summed E-state index contributed by atoms with van der Waals surface area (Å²) in [6, 6.07) is 9.05. The van der Waals surface area contributed by atoms with E-state index in [1.54, 1.807) is 19.1 Å². The van der Waals surface area contributed by atoms with Gasteiger partial charge in [-0.2, -0.15) is 0 Å². The minimum absolute atomic E-state index is 0.0152. The maximum absolute atomic E-state index is 14.0. The Bertz CT molecular complexity index is 1030. The Morgan fingerprint density at radius 3 is 2.61 bits per heavy atom. The normalized spacial score (nSPS) is 11.4. The molecule has 1 aromatic heterocycles. The van der Waals surface area contributed by atoms with Crippen LogP contribution in [-0.4, -0.2) is 34.8 Å². The highest BCUT2D eigenvalue weighted by molar-refractivity contribution is 7.98. The van der Waals surface area contributed by atoms with Gasteiger partial charge in [0, 0.05) is 24.5 Å². The molecule has 2 aromatic carbocycles. The van der Waals surface area contributed by atoms with Crippen LogP contribution in [0.15, 0.2) is 41.6 Å². The number of hydrogen-bond acceptors (Lipinski definition) is 5. The van der Waals surface area contributed by atoms with Crippen molar-refractivity contribution in [3.8, 4) is 0 Å². The van der Waals surface area contributed by atoms with Crippen molar-refractivity contribution in [2.24, 2.45) is 0 Å². The monoisotopic (exact) mass is 448 g/mol. The average Bonchev–Trinajstić information content (AvgIpc) is 3.07. The second-order valence-electron chi connectivity index (χ2n) is 7.23. The summed E-state index contributed by atoms with van der Waals surface area (Å²) in [6.45, 7) is 7.22. The lowest BCUT2D eigenvalue weighted by atomic mass is 10.2. The van der Waals surface area contributed by atoms with E-state index in [9.17, 15) is 13.6 Å². The maximum atomic E-state index is 14.0. The van der Waals surface area contributed by atoms with Crippen LogP contribution in [-0.2, 0) is 21.8 Å². The van der Waals surface area contributed by atoms with Crippen molar-refractivity contribution in [3.05, 3.63) is 59.2 Å². The van der Waals surface area contributed by atoms with Gasteiger partial charge in [-0.15, -0.1) is 0 Å². The third kappa shape index (κ3) is 5.83. The molecule has 0 N–H and O–H groups in total. The molecular formula is C23H26F2N2O3S. The number of carbonyl (C=O) groups is 1. The Hall–Kier alpha value is -2.45. The topological polar surface area (TPSA) is 53.3 Å². The van der Waals surface area contributed by atoms with Gasteiger partial charge >= 0.3 is 5.97 Å². The van der Waals surface area contributed by atoms with Crippen molar-refractivity contribution in [1.82, 2.24) is 9.55 Å². The Labute approximate surface area is 184 Å². The van der Waals surface area contributed by atoms with Crippen molar-refractivity contribution in [3.63, 3.8) is 0 Å². The van der Waals surface area contributed by atoms with Crippen LogP contribution >= 0.6 is 11.8 Å². The molecule has 0 fully saturated rings. The van der Waals surface area contributed by atoms with Gasteiger partial charge in [-0.05, 0) is 57.5 Å². The predicted molar refractivity (Wildman–Crippen MR) is 117 cm³/mol. The van der Waals surface area contributed by atoms with E-state index in [4.69, 9.17) is 9.47 Å². The predicted octanol–water partition coefficient (Wildman–Crippen LogP) is 5.60. The molecule has 0 bridgehead atoms. The Morgan fingerprint density at radius 2 is 1.94 bits per heavy atom. The van der Waals surface area contributed by atoms with E-state index in [0.29, 0.717) is 29.4 Å². The zero-order chi connectivity index (χ0) is 22.4. The largest absolute Gasteiger partial charge is 0.462 e.